The van der Waals surface area contributed by atoms with E-state index in [0.717, 1.165) is 28.3 Å². The number of carbonyl (C=O) groups excluding carboxylic acids is 1. The van der Waals surface area contributed by atoms with E-state index in [2.05, 4.69) is 10.2 Å². The van der Waals surface area contributed by atoms with Crippen molar-refractivity contribution in [2.75, 3.05) is 13.1 Å². The highest BCUT2D eigenvalue weighted by Crippen LogP contribution is 2.40. The van der Waals surface area contributed by atoms with Crippen molar-refractivity contribution in [1.82, 2.24) is 14.2 Å². The van der Waals surface area contributed by atoms with Crippen molar-refractivity contribution >= 4 is 39.5 Å². The monoisotopic (exact) mass is 501 g/mol. The van der Waals surface area contributed by atoms with Gasteiger partial charge in [-0.1, -0.05) is 36.9 Å². The van der Waals surface area contributed by atoms with Crippen molar-refractivity contribution in [3.63, 3.8) is 0 Å². The van der Waals surface area contributed by atoms with Crippen LogP contribution in [0.2, 0.25) is 0 Å². The molecule has 1 aromatic carbocycles. The Morgan fingerprint density at radius 1 is 1.32 bits per heavy atom. The number of sulfonamides is 1. The minimum absolute atomic E-state index is 0.0479. The number of thioether (sulfide) groups is 1. The van der Waals surface area contributed by atoms with Crippen LogP contribution in [0.15, 0.2) is 46.5 Å². The van der Waals surface area contributed by atoms with Crippen LogP contribution in [0, 0.1) is 5.92 Å². The normalized spacial score (nSPS) is 24.8. The maximum absolute atomic E-state index is 13.0. The average Bonchev–Trinajstić information content (AvgIpc) is 3.07. The maximum atomic E-state index is 13.0. The Morgan fingerprint density at radius 2 is 2.00 bits per heavy atom. The first-order valence-electron chi connectivity index (χ1n) is 9.08. The van der Waals surface area contributed by atoms with Gasteiger partial charge in [0.1, 0.15) is 6.10 Å². The molecule has 2 heterocycles. The smallest absolute Gasteiger partial charge is 0.474 e. The van der Waals surface area contributed by atoms with Crippen molar-refractivity contribution in [1.29, 1.82) is 0 Å². The number of hydrogen-bond acceptors (Lipinski definition) is 8. The highest BCUT2D eigenvalue weighted by atomic mass is 35.5. The van der Waals surface area contributed by atoms with Crippen LogP contribution >= 0.6 is 23.5 Å². The molecule has 0 bridgehead atoms. The Labute approximate surface area is 186 Å². The Bertz CT molecular complexity index is 933. The molecule has 2 aliphatic rings. The van der Waals surface area contributed by atoms with Gasteiger partial charge in [0.2, 0.25) is 11.4 Å². The number of nitrogens with one attached hydrogen (secondary N) is 1. The summed E-state index contributed by atoms with van der Waals surface area (Å²) in [6.45, 7) is 3.36. The predicted molar refractivity (Wildman–Crippen MR) is 106 cm³/mol. The zero-order valence-corrected chi connectivity index (χ0v) is 18.5. The van der Waals surface area contributed by atoms with Gasteiger partial charge in [0, 0.05) is 34.1 Å². The summed E-state index contributed by atoms with van der Waals surface area (Å²) in [7, 11) is -4.70. The maximum Gasteiger partial charge on any atom is 0.492 e. The molecule has 0 amide bonds. The molecule has 1 saturated heterocycles. The molecule has 0 aliphatic carbocycles. The van der Waals surface area contributed by atoms with E-state index < -0.39 is 27.7 Å². The molecule has 1 fully saturated rings. The summed E-state index contributed by atoms with van der Waals surface area (Å²) in [6, 6.07) is 6.59. The average molecular weight is 502 g/mol. The van der Waals surface area contributed by atoms with Gasteiger partial charge in [-0.05, 0) is 25.1 Å². The molecule has 3 atom stereocenters. The third-order valence-electron chi connectivity index (χ3n) is 4.54. The van der Waals surface area contributed by atoms with Gasteiger partial charge in [-0.2, -0.15) is 13.2 Å². The molecule has 0 radical (unpaired) electrons. The molecule has 2 aliphatic heterocycles. The van der Waals surface area contributed by atoms with Gasteiger partial charge in [0.15, 0.2) is 0 Å². The van der Waals surface area contributed by atoms with E-state index in [1.807, 2.05) is 6.92 Å². The first-order chi connectivity index (χ1) is 14.5. The van der Waals surface area contributed by atoms with Crippen molar-refractivity contribution in [2.45, 2.75) is 36.0 Å². The number of halogens is 4. The van der Waals surface area contributed by atoms with E-state index in [9.17, 15) is 26.4 Å². The lowest BCUT2D eigenvalue weighted by Gasteiger charge is -2.33. The van der Waals surface area contributed by atoms with E-state index >= 15 is 0 Å². The summed E-state index contributed by atoms with van der Waals surface area (Å²) in [5, 5.41) is 4.56. The van der Waals surface area contributed by atoms with E-state index in [-0.39, 0.29) is 27.3 Å². The predicted octanol–water partition coefficient (Wildman–Crippen LogP) is 3.00. The van der Waals surface area contributed by atoms with Gasteiger partial charge >= 0.3 is 12.1 Å². The lowest BCUT2D eigenvalue weighted by Crippen LogP contribution is -2.47. The van der Waals surface area contributed by atoms with Crippen LogP contribution < -0.4 is 5.32 Å². The second kappa shape index (κ2) is 9.45. The topological polar surface area (TPSA) is 88.2 Å². The van der Waals surface area contributed by atoms with Crippen molar-refractivity contribution in [3.05, 3.63) is 41.6 Å². The summed E-state index contributed by atoms with van der Waals surface area (Å²) >= 11 is 6.95. The minimum Gasteiger partial charge on any atom is -0.474 e. The SMILES string of the molecule is CC1CNCCC1OC1=CSC(N(OC(=O)C(F)(F)F)S(=O)(=O)c2ccccc2)N1Cl. The highest BCUT2D eigenvalue weighted by molar-refractivity contribution is 8.03. The summed E-state index contributed by atoms with van der Waals surface area (Å²) in [5.41, 5.74) is -1.55. The van der Waals surface area contributed by atoms with Gasteiger partial charge in [0.25, 0.3) is 10.0 Å². The van der Waals surface area contributed by atoms with E-state index in [0.29, 0.717) is 19.5 Å². The van der Waals surface area contributed by atoms with Crippen molar-refractivity contribution < 1.29 is 36.0 Å². The van der Waals surface area contributed by atoms with Crippen LogP contribution in [0.5, 0.6) is 0 Å². The first-order valence-corrected chi connectivity index (χ1v) is 11.8. The molecule has 0 aromatic heterocycles. The Balaban J connectivity index is 1.85. The zero-order chi connectivity index (χ0) is 22.8. The second-order valence-electron chi connectivity index (χ2n) is 6.81. The third-order valence-corrected chi connectivity index (χ3v) is 7.74. The summed E-state index contributed by atoms with van der Waals surface area (Å²) < 4.78 is 71.0. The first kappa shape index (κ1) is 24.0. The summed E-state index contributed by atoms with van der Waals surface area (Å²) in [6.07, 6.45) is -4.99. The van der Waals surface area contributed by atoms with Crippen LogP contribution in [0.4, 0.5) is 13.2 Å². The van der Waals surface area contributed by atoms with Gasteiger partial charge in [-0.25, -0.2) is 17.6 Å². The number of alkyl halides is 3. The number of hydroxylamine groups is 1. The fraction of sp³-hybridized carbons (Fsp3) is 0.471. The molecular formula is C17H19ClF3N3O5S2. The number of piperidine rings is 1. The van der Waals surface area contributed by atoms with Gasteiger partial charge in [-0.15, -0.1) is 0 Å². The Kier molecular flexibility index (Phi) is 7.31. The quantitative estimate of drug-likeness (QED) is 0.470. The van der Waals surface area contributed by atoms with E-state index in [1.54, 1.807) is 0 Å². The lowest BCUT2D eigenvalue weighted by molar-refractivity contribution is -0.226. The molecule has 3 unspecified atom stereocenters. The number of carbonyl (C=O) groups is 1. The molecule has 3 rings (SSSR count). The molecule has 1 N–H and O–H groups in total. The molecular weight excluding hydrogens is 483 g/mol. The van der Waals surface area contributed by atoms with Crippen LogP contribution in [0.25, 0.3) is 0 Å². The number of nitrogens with zero attached hydrogens (tertiary/aromatic N) is 2. The number of hydrogen-bond donors (Lipinski definition) is 1. The Hall–Kier alpha value is -1.67. The Morgan fingerprint density at radius 3 is 2.61 bits per heavy atom. The fourth-order valence-corrected chi connectivity index (χ4v) is 5.78. The molecule has 0 spiro atoms. The zero-order valence-electron chi connectivity index (χ0n) is 16.1. The molecule has 0 saturated carbocycles. The van der Waals surface area contributed by atoms with Crippen LogP contribution in [-0.2, 0) is 24.4 Å². The van der Waals surface area contributed by atoms with Gasteiger partial charge < -0.3 is 14.9 Å². The number of ether oxygens (including phenoxy) is 1. The minimum atomic E-state index is -5.41. The number of benzene rings is 1. The summed E-state index contributed by atoms with van der Waals surface area (Å²) in [5.74, 6) is -2.53. The molecule has 31 heavy (non-hydrogen) atoms. The molecule has 8 nitrogen and oxygen atoms in total. The second-order valence-corrected chi connectivity index (χ2v) is 9.88. The molecule has 172 valence electrons. The highest BCUT2D eigenvalue weighted by Gasteiger charge is 2.49. The lowest BCUT2D eigenvalue weighted by atomic mass is 9.98. The van der Waals surface area contributed by atoms with E-state index in [1.165, 1.54) is 23.6 Å². The number of rotatable bonds is 6. The van der Waals surface area contributed by atoms with Crippen LogP contribution in [0.1, 0.15) is 13.3 Å². The van der Waals surface area contributed by atoms with Crippen LogP contribution in [0.3, 0.4) is 0 Å². The standard InChI is InChI=1S/C17H19ClF3N3O5S2/c1-11-9-22-8-7-13(11)28-14-10-30-16(23(14)18)24(29-15(25)17(19,20)21)31(26,27)12-5-3-2-4-6-12/h2-6,10-11,13,16,22H,7-9H2,1H3. The largest absolute Gasteiger partial charge is 0.492 e. The van der Waals surface area contributed by atoms with Crippen molar-refractivity contribution in [3.8, 4) is 0 Å². The summed E-state index contributed by atoms with van der Waals surface area (Å²) in [4.78, 5) is 15.4. The van der Waals surface area contributed by atoms with Gasteiger partial charge in [0.05, 0.1) is 4.90 Å². The van der Waals surface area contributed by atoms with Crippen molar-refractivity contribution in [2.24, 2.45) is 5.92 Å². The molecule has 1 aromatic rings. The van der Waals surface area contributed by atoms with Crippen LogP contribution in [-0.4, -0.2) is 54.1 Å². The molecule has 14 heteroatoms. The van der Waals surface area contributed by atoms with E-state index in [4.69, 9.17) is 16.5 Å². The fourth-order valence-electron chi connectivity index (χ4n) is 2.91. The van der Waals surface area contributed by atoms with Gasteiger partial charge in [-0.3, -0.25) is 0 Å². The third kappa shape index (κ3) is 5.40.